The lowest BCUT2D eigenvalue weighted by atomic mass is 9.77. The van der Waals surface area contributed by atoms with Gasteiger partial charge < -0.3 is 10.4 Å². The topological polar surface area (TPSA) is 49.3 Å². The molecule has 2 N–H and O–H groups in total. The highest BCUT2D eigenvalue weighted by Crippen LogP contribution is 2.31. The first kappa shape index (κ1) is 13.8. The van der Waals surface area contributed by atoms with Crippen LogP contribution < -0.4 is 5.32 Å². The van der Waals surface area contributed by atoms with E-state index in [4.69, 9.17) is 5.11 Å². The minimum atomic E-state index is -2.03. The van der Waals surface area contributed by atoms with Crippen LogP contribution in [0.5, 0.6) is 0 Å². The first-order chi connectivity index (χ1) is 8.90. The van der Waals surface area contributed by atoms with E-state index in [9.17, 15) is 22.4 Å². The van der Waals surface area contributed by atoms with Crippen molar-refractivity contribution in [3.63, 3.8) is 0 Å². The fraction of sp³-hybridized carbons (Fsp3) is 0.417. The molecular weight excluding hydrogens is 266 g/mol. The minimum absolute atomic E-state index is 0.298. The largest absolute Gasteiger partial charge is 0.394 e. The normalized spacial score (nSPS) is 16.9. The van der Waals surface area contributed by atoms with E-state index < -0.39 is 40.3 Å². The van der Waals surface area contributed by atoms with Crippen molar-refractivity contribution in [2.75, 3.05) is 6.61 Å². The summed E-state index contributed by atoms with van der Waals surface area (Å²) in [6.07, 6.45) is 1.75. The Morgan fingerprint density at radius 2 is 1.84 bits per heavy atom. The van der Waals surface area contributed by atoms with Crippen LogP contribution in [0.25, 0.3) is 0 Å². The maximum atomic E-state index is 13.4. The second kappa shape index (κ2) is 4.80. The maximum absolute atomic E-state index is 13.4. The average Bonchev–Trinajstić information content (AvgIpc) is 2.35. The molecule has 2 rings (SSSR count). The van der Waals surface area contributed by atoms with Gasteiger partial charge in [0.15, 0.2) is 23.3 Å². The molecule has 0 heterocycles. The molecule has 1 aromatic carbocycles. The monoisotopic (exact) mass is 277 g/mol. The Balaban J connectivity index is 2.29. The Labute approximate surface area is 106 Å². The average molecular weight is 277 g/mol. The standard InChI is InChI=1S/C12H11F4NO2/c13-7-4-6(8(14)10(16)9(7)15)11(19)17-12(5-18)2-1-3-12/h4,18H,1-3,5H2,(H,17,19). The molecule has 7 heteroatoms. The van der Waals surface area contributed by atoms with Crippen LogP contribution in [-0.2, 0) is 0 Å². The van der Waals surface area contributed by atoms with E-state index in [2.05, 4.69) is 5.32 Å². The molecule has 1 aromatic rings. The third-order valence-electron chi connectivity index (χ3n) is 3.34. The lowest BCUT2D eigenvalue weighted by molar-refractivity contribution is 0.0637. The highest BCUT2D eigenvalue weighted by Gasteiger charge is 2.38. The van der Waals surface area contributed by atoms with Crippen molar-refractivity contribution in [2.45, 2.75) is 24.8 Å². The molecular formula is C12H11F4NO2. The van der Waals surface area contributed by atoms with E-state index >= 15 is 0 Å². The third-order valence-corrected chi connectivity index (χ3v) is 3.34. The summed E-state index contributed by atoms with van der Waals surface area (Å²) in [4.78, 5) is 11.7. The van der Waals surface area contributed by atoms with Gasteiger partial charge in [0.25, 0.3) is 5.91 Å². The van der Waals surface area contributed by atoms with Crippen LogP contribution >= 0.6 is 0 Å². The summed E-state index contributed by atoms with van der Waals surface area (Å²) in [6.45, 7) is -0.355. The molecule has 0 aromatic heterocycles. The maximum Gasteiger partial charge on any atom is 0.254 e. The van der Waals surface area contributed by atoms with E-state index in [0.717, 1.165) is 6.42 Å². The number of hydrogen-bond donors (Lipinski definition) is 2. The molecule has 0 radical (unpaired) electrons. The van der Waals surface area contributed by atoms with Crippen LogP contribution in [0.15, 0.2) is 6.07 Å². The van der Waals surface area contributed by atoms with E-state index in [1.54, 1.807) is 0 Å². The summed E-state index contributed by atoms with van der Waals surface area (Å²) in [6, 6.07) is 0.298. The van der Waals surface area contributed by atoms with Crippen LogP contribution in [0.4, 0.5) is 17.6 Å². The van der Waals surface area contributed by atoms with Gasteiger partial charge in [0.2, 0.25) is 0 Å². The first-order valence-corrected chi connectivity index (χ1v) is 5.66. The number of halogens is 4. The molecule has 19 heavy (non-hydrogen) atoms. The van der Waals surface area contributed by atoms with Gasteiger partial charge in [-0.3, -0.25) is 4.79 Å². The fourth-order valence-electron chi connectivity index (χ4n) is 1.97. The van der Waals surface area contributed by atoms with Gasteiger partial charge in [-0.05, 0) is 25.3 Å². The van der Waals surface area contributed by atoms with Gasteiger partial charge in [-0.15, -0.1) is 0 Å². The first-order valence-electron chi connectivity index (χ1n) is 5.66. The summed E-state index contributed by atoms with van der Waals surface area (Å²) in [7, 11) is 0. The van der Waals surface area contributed by atoms with Crippen molar-refractivity contribution in [1.29, 1.82) is 0 Å². The van der Waals surface area contributed by atoms with Crippen molar-refractivity contribution < 1.29 is 27.5 Å². The highest BCUT2D eigenvalue weighted by atomic mass is 19.2. The van der Waals surface area contributed by atoms with Gasteiger partial charge in [0, 0.05) is 0 Å². The van der Waals surface area contributed by atoms with Crippen LogP contribution in [0.2, 0.25) is 0 Å². The molecule has 0 bridgehead atoms. The molecule has 0 unspecified atom stereocenters. The van der Waals surface area contributed by atoms with Gasteiger partial charge in [0.05, 0.1) is 17.7 Å². The van der Waals surface area contributed by atoms with Crippen molar-refractivity contribution in [3.05, 3.63) is 34.9 Å². The Morgan fingerprint density at radius 3 is 2.32 bits per heavy atom. The van der Waals surface area contributed by atoms with Crippen molar-refractivity contribution in [1.82, 2.24) is 5.32 Å². The number of hydrogen-bond acceptors (Lipinski definition) is 2. The SMILES string of the molecule is O=C(NC1(CO)CCC1)c1cc(F)c(F)c(F)c1F. The van der Waals surface area contributed by atoms with Crippen LogP contribution in [0, 0.1) is 23.3 Å². The summed E-state index contributed by atoms with van der Waals surface area (Å²) >= 11 is 0. The molecule has 0 aliphatic heterocycles. The Hall–Kier alpha value is -1.63. The molecule has 0 spiro atoms. The van der Waals surface area contributed by atoms with Gasteiger partial charge in [-0.1, -0.05) is 0 Å². The minimum Gasteiger partial charge on any atom is -0.394 e. The Morgan fingerprint density at radius 1 is 1.21 bits per heavy atom. The van der Waals surface area contributed by atoms with Crippen LogP contribution in [-0.4, -0.2) is 23.2 Å². The Kier molecular flexibility index (Phi) is 3.49. The molecule has 0 atom stereocenters. The molecule has 1 saturated carbocycles. The summed E-state index contributed by atoms with van der Waals surface area (Å²) in [5.74, 6) is -8.46. The van der Waals surface area contributed by atoms with Gasteiger partial charge in [-0.25, -0.2) is 17.6 Å². The number of rotatable bonds is 3. The number of amides is 1. The fourth-order valence-corrected chi connectivity index (χ4v) is 1.97. The third kappa shape index (κ3) is 2.30. The van der Waals surface area contributed by atoms with Crippen LogP contribution in [0.1, 0.15) is 29.6 Å². The number of carbonyl (C=O) groups is 1. The van der Waals surface area contributed by atoms with Gasteiger partial charge in [0.1, 0.15) is 0 Å². The highest BCUT2D eigenvalue weighted by molar-refractivity contribution is 5.95. The number of aliphatic hydroxyl groups is 1. The van der Waals surface area contributed by atoms with Gasteiger partial charge >= 0.3 is 0 Å². The smallest absolute Gasteiger partial charge is 0.254 e. The lowest BCUT2D eigenvalue weighted by Crippen LogP contribution is -2.56. The zero-order valence-corrected chi connectivity index (χ0v) is 9.77. The van der Waals surface area contributed by atoms with E-state index in [1.807, 2.05) is 0 Å². The zero-order valence-electron chi connectivity index (χ0n) is 9.77. The molecule has 1 aliphatic carbocycles. The molecule has 0 saturated heterocycles. The number of benzene rings is 1. The van der Waals surface area contributed by atoms with Gasteiger partial charge in [-0.2, -0.15) is 0 Å². The van der Waals surface area contributed by atoms with Crippen molar-refractivity contribution in [2.24, 2.45) is 0 Å². The molecule has 1 amide bonds. The van der Waals surface area contributed by atoms with Crippen LogP contribution in [0.3, 0.4) is 0 Å². The molecule has 3 nitrogen and oxygen atoms in total. The lowest BCUT2D eigenvalue weighted by Gasteiger charge is -2.40. The second-order valence-electron chi connectivity index (χ2n) is 4.59. The van der Waals surface area contributed by atoms with E-state index in [0.29, 0.717) is 18.9 Å². The second-order valence-corrected chi connectivity index (χ2v) is 4.59. The molecule has 104 valence electrons. The number of nitrogens with one attached hydrogen (secondary N) is 1. The molecule has 1 fully saturated rings. The quantitative estimate of drug-likeness (QED) is 0.503. The summed E-state index contributed by atoms with van der Waals surface area (Å²) in [5.41, 5.74) is -1.80. The summed E-state index contributed by atoms with van der Waals surface area (Å²) in [5, 5.41) is 11.5. The van der Waals surface area contributed by atoms with E-state index in [-0.39, 0.29) is 6.61 Å². The van der Waals surface area contributed by atoms with E-state index in [1.165, 1.54) is 0 Å². The summed E-state index contributed by atoms with van der Waals surface area (Å²) < 4.78 is 52.1. The molecule has 1 aliphatic rings. The van der Waals surface area contributed by atoms with Crippen molar-refractivity contribution in [3.8, 4) is 0 Å². The number of aliphatic hydroxyl groups excluding tert-OH is 1. The predicted molar refractivity (Wildman–Crippen MR) is 57.4 cm³/mol. The van der Waals surface area contributed by atoms with Crippen molar-refractivity contribution >= 4 is 5.91 Å². The number of carbonyl (C=O) groups excluding carboxylic acids is 1. The zero-order chi connectivity index (χ0) is 14.2. The Bertz CT molecular complexity index is 523. The predicted octanol–water partition coefficient (Wildman–Crippen LogP) is 1.89.